The lowest BCUT2D eigenvalue weighted by atomic mass is 10.3. The minimum atomic E-state index is 0.649. The summed E-state index contributed by atoms with van der Waals surface area (Å²) in [6.45, 7) is 5.38. The van der Waals surface area contributed by atoms with Crippen LogP contribution in [0.5, 0.6) is 0 Å². The van der Waals surface area contributed by atoms with Crippen molar-refractivity contribution in [3.63, 3.8) is 0 Å². The fourth-order valence-corrected chi connectivity index (χ4v) is 0.454. The lowest BCUT2D eigenvalue weighted by Crippen LogP contribution is -1.95. The maximum Gasteiger partial charge on any atom is 0.0446 e. The molecule has 1 nitrogen and oxygen atoms in total. The maximum atomic E-state index is 5.48. The smallest absolute Gasteiger partial charge is 0.0446 e. The third-order valence-electron chi connectivity index (χ3n) is 0.867. The Morgan fingerprint density at radius 1 is 1.67 bits per heavy atom. The second kappa shape index (κ2) is 4.27. The molecule has 0 aliphatic rings. The second-order valence-electron chi connectivity index (χ2n) is 1.53. The van der Waals surface area contributed by atoms with Gasteiger partial charge in [-0.1, -0.05) is 18.7 Å². The summed E-state index contributed by atoms with van der Waals surface area (Å²) in [7, 11) is 0. The predicted molar refractivity (Wildman–Crippen MR) is 45.2 cm³/mol. The van der Waals surface area contributed by atoms with Gasteiger partial charge in [-0.2, -0.15) is 0 Å². The molecule has 0 saturated carbocycles. The maximum absolute atomic E-state index is 5.48. The van der Waals surface area contributed by atoms with Crippen molar-refractivity contribution in [1.82, 2.24) is 0 Å². The van der Waals surface area contributed by atoms with E-state index in [4.69, 9.17) is 5.73 Å². The van der Waals surface area contributed by atoms with Gasteiger partial charge in [-0.05, 0) is 13.0 Å². The third kappa shape index (κ3) is 3.03. The molecule has 0 aromatic heterocycles. The van der Waals surface area contributed by atoms with Gasteiger partial charge >= 0.3 is 0 Å². The fourth-order valence-electron chi connectivity index (χ4n) is 0.379. The quantitative estimate of drug-likeness (QED) is 0.445. The molecule has 0 aromatic rings. The number of rotatable bonds is 2. The molecule has 0 spiro atoms. The van der Waals surface area contributed by atoms with E-state index in [-0.39, 0.29) is 0 Å². The molecule has 0 fully saturated rings. The normalized spacial score (nSPS) is 13.6. The van der Waals surface area contributed by atoms with Crippen molar-refractivity contribution < 1.29 is 0 Å². The molecule has 0 rings (SSSR count). The van der Waals surface area contributed by atoms with Crippen LogP contribution in [-0.2, 0) is 0 Å². The molecule has 0 aliphatic heterocycles. The molecule has 0 unspecified atom stereocenters. The van der Waals surface area contributed by atoms with Gasteiger partial charge in [0.2, 0.25) is 0 Å². The van der Waals surface area contributed by atoms with Crippen molar-refractivity contribution >= 4 is 12.6 Å². The van der Waals surface area contributed by atoms with E-state index in [1.807, 2.05) is 13.0 Å². The SMILES string of the molecule is C=C/C=C(N)\C(S)=C/C. The first-order chi connectivity index (χ1) is 4.22. The zero-order chi connectivity index (χ0) is 7.28. The molecule has 9 heavy (non-hydrogen) atoms. The van der Waals surface area contributed by atoms with Gasteiger partial charge in [0.1, 0.15) is 0 Å². The van der Waals surface area contributed by atoms with E-state index in [9.17, 15) is 0 Å². The summed E-state index contributed by atoms with van der Waals surface area (Å²) in [6.07, 6.45) is 5.18. The van der Waals surface area contributed by atoms with Crippen LogP contribution in [0, 0.1) is 0 Å². The number of allylic oxidation sites excluding steroid dienone is 3. The first-order valence-electron chi connectivity index (χ1n) is 2.66. The molecular formula is C7H11NS. The Labute approximate surface area is 61.4 Å². The highest BCUT2D eigenvalue weighted by molar-refractivity contribution is 7.84. The Bertz CT molecular complexity index is 156. The predicted octanol–water partition coefficient (Wildman–Crippen LogP) is 1.85. The standard InChI is InChI=1S/C7H11NS/c1-3-5-6(8)7(9)4-2/h3-5,9H,1,8H2,2H3/b6-5+,7-4+. The summed E-state index contributed by atoms with van der Waals surface area (Å²) in [5.41, 5.74) is 6.13. The van der Waals surface area contributed by atoms with Crippen LogP contribution in [0.4, 0.5) is 0 Å². The lowest BCUT2D eigenvalue weighted by Gasteiger charge is -1.95. The summed E-state index contributed by atoms with van der Waals surface area (Å²) in [6, 6.07) is 0. The minimum absolute atomic E-state index is 0.649. The Morgan fingerprint density at radius 2 is 2.22 bits per heavy atom. The molecule has 2 heteroatoms. The fraction of sp³-hybridized carbons (Fsp3) is 0.143. The van der Waals surface area contributed by atoms with Gasteiger partial charge in [-0.25, -0.2) is 0 Å². The van der Waals surface area contributed by atoms with Crippen molar-refractivity contribution in [2.24, 2.45) is 5.73 Å². The van der Waals surface area contributed by atoms with Gasteiger partial charge in [0, 0.05) is 10.6 Å². The van der Waals surface area contributed by atoms with Gasteiger partial charge < -0.3 is 5.73 Å². The van der Waals surface area contributed by atoms with Crippen LogP contribution in [0.1, 0.15) is 6.92 Å². The van der Waals surface area contributed by atoms with Crippen LogP contribution in [0.3, 0.4) is 0 Å². The first-order valence-corrected chi connectivity index (χ1v) is 3.11. The van der Waals surface area contributed by atoms with Crippen molar-refractivity contribution in [3.05, 3.63) is 35.4 Å². The highest BCUT2D eigenvalue weighted by atomic mass is 32.1. The topological polar surface area (TPSA) is 26.0 Å². The molecule has 0 aliphatic carbocycles. The zero-order valence-corrected chi connectivity index (χ0v) is 6.36. The molecule has 0 radical (unpaired) electrons. The summed E-state index contributed by atoms with van der Waals surface area (Å²) in [5, 5.41) is 0. The number of hydrogen-bond donors (Lipinski definition) is 2. The summed E-state index contributed by atoms with van der Waals surface area (Å²) in [5.74, 6) is 0. The molecular weight excluding hydrogens is 130 g/mol. The summed E-state index contributed by atoms with van der Waals surface area (Å²) >= 11 is 4.08. The van der Waals surface area contributed by atoms with E-state index in [2.05, 4.69) is 19.2 Å². The molecule has 50 valence electrons. The van der Waals surface area contributed by atoms with E-state index in [1.165, 1.54) is 0 Å². The van der Waals surface area contributed by atoms with E-state index in [0.29, 0.717) is 5.70 Å². The third-order valence-corrected chi connectivity index (χ3v) is 1.38. The Balaban J connectivity index is 4.19. The van der Waals surface area contributed by atoms with Gasteiger partial charge in [0.05, 0.1) is 0 Å². The molecule has 0 bridgehead atoms. The van der Waals surface area contributed by atoms with E-state index in [1.54, 1.807) is 12.2 Å². The molecule has 0 saturated heterocycles. The molecule has 0 atom stereocenters. The first kappa shape index (κ1) is 8.37. The number of nitrogens with two attached hydrogens (primary N) is 1. The monoisotopic (exact) mass is 141 g/mol. The average molecular weight is 141 g/mol. The van der Waals surface area contributed by atoms with Crippen LogP contribution in [0.25, 0.3) is 0 Å². The van der Waals surface area contributed by atoms with Crippen molar-refractivity contribution in [2.45, 2.75) is 6.92 Å². The summed E-state index contributed by atoms with van der Waals surface area (Å²) in [4.78, 5) is 0.787. The van der Waals surface area contributed by atoms with Gasteiger partial charge in [0.25, 0.3) is 0 Å². The Kier molecular flexibility index (Phi) is 3.97. The molecule has 0 heterocycles. The average Bonchev–Trinajstić information content (AvgIpc) is 1.87. The van der Waals surface area contributed by atoms with Gasteiger partial charge in [0.15, 0.2) is 0 Å². The van der Waals surface area contributed by atoms with Crippen molar-refractivity contribution in [3.8, 4) is 0 Å². The van der Waals surface area contributed by atoms with Crippen LogP contribution >= 0.6 is 12.6 Å². The van der Waals surface area contributed by atoms with Crippen LogP contribution in [-0.4, -0.2) is 0 Å². The van der Waals surface area contributed by atoms with Gasteiger partial charge in [-0.15, -0.1) is 12.6 Å². The van der Waals surface area contributed by atoms with Crippen molar-refractivity contribution in [2.75, 3.05) is 0 Å². The van der Waals surface area contributed by atoms with E-state index >= 15 is 0 Å². The molecule has 0 aromatic carbocycles. The van der Waals surface area contributed by atoms with E-state index in [0.717, 1.165) is 4.91 Å². The molecule has 2 N–H and O–H groups in total. The Hall–Kier alpha value is -0.630. The summed E-state index contributed by atoms with van der Waals surface area (Å²) < 4.78 is 0. The number of thiol groups is 1. The van der Waals surface area contributed by atoms with Crippen LogP contribution < -0.4 is 5.73 Å². The van der Waals surface area contributed by atoms with Gasteiger partial charge in [-0.3, -0.25) is 0 Å². The Morgan fingerprint density at radius 3 is 2.56 bits per heavy atom. The highest BCUT2D eigenvalue weighted by Crippen LogP contribution is 2.06. The largest absolute Gasteiger partial charge is 0.398 e. The minimum Gasteiger partial charge on any atom is -0.398 e. The molecule has 0 amide bonds. The zero-order valence-electron chi connectivity index (χ0n) is 5.46. The van der Waals surface area contributed by atoms with E-state index < -0.39 is 0 Å². The second-order valence-corrected chi connectivity index (χ2v) is 2.01. The van der Waals surface area contributed by atoms with Crippen LogP contribution in [0.15, 0.2) is 35.4 Å². The highest BCUT2D eigenvalue weighted by Gasteiger charge is 1.87. The lowest BCUT2D eigenvalue weighted by molar-refractivity contribution is 1.40. The van der Waals surface area contributed by atoms with Crippen molar-refractivity contribution in [1.29, 1.82) is 0 Å². The van der Waals surface area contributed by atoms with Crippen LogP contribution in [0.2, 0.25) is 0 Å². The number of hydrogen-bond acceptors (Lipinski definition) is 2.